The molecule has 3 aromatic heterocycles. The molecular weight excluding hydrogens is 717 g/mol. The second-order valence-electron chi connectivity index (χ2n) is 10.2. The fraction of sp³-hybridized carbons (Fsp3) is 0.476. The SMILES string of the molecule is NC(=O)c1ccc[n+]([C@@H]2O[C@H](COP(=O)(O)OP(=O)(O)OC[C@H]3O[C@@H](n4cnc5c(=O)[nH]cnc54)[C@H](OP(=O)(O)O)[C@@H]3O)[C@@H](O)[C@H]2O)c1. The molecule has 24 nitrogen and oxygen atoms in total. The number of imidazole rings is 1. The van der Waals surface area contributed by atoms with Crippen molar-refractivity contribution in [3.05, 3.63) is 53.1 Å². The minimum Gasteiger partial charge on any atom is -0.387 e. The highest BCUT2D eigenvalue weighted by molar-refractivity contribution is 7.61. The highest BCUT2D eigenvalue weighted by Gasteiger charge is 2.51. The molecule has 264 valence electrons. The smallest absolute Gasteiger partial charge is 0.387 e. The summed E-state index contributed by atoms with van der Waals surface area (Å²) in [6.07, 6.45) is -8.79. The van der Waals surface area contributed by atoms with E-state index in [1.807, 2.05) is 0 Å². The lowest BCUT2D eigenvalue weighted by Crippen LogP contribution is -2.46. The van der Waals surface area contributed by atoms with Gasteiger partial charge in [-0.3, -0.25) is 27.7 Å². The lowest BCUT2D eigenvalue weighted by Gasteiger charge is -2.22. The van der Waals surface area contributed by atoms with E-state index in [1.54, 1.807) is 0 Å². The predicted molar refractivity (Wildman–Crippen MR) is 149 cm³/mol. The van der Waals surface area contributed by atoms with Gasteiger partial charge in [-0.15, -0.1) is 0 Å². The van der Waals surface area contributed by atoms with Gasteiger partial charge in [0, 0.05) is 6.07 Å². The maximum absolute atomic E-state index is 12.5. The van der Waals surface area contributed by atoms with Crippen LogP contribution in [0.4, 0.5) is 0 Å². The van der Waals surface area contributed by atoms with Crippen LogP contribution in [0.15, 0.2) is 42.0 Å². The Morgan fingerprint density at radius 3 is 2.27 bits per heavy atom. The van der Waals surface area contributed by atoms with Crippen LogP contribution in [-0.2, 0) is 41.1 Å². The molecule has 0 aliphatic carbocycles. The van der Waals surface area contributed by atoms with Crippen molar-refractivity contribution in [3.63, 3.8) is 0 Å². The molecule has 1 amide bonds. The number of primary amides is 1. The van der Waals surface area contributed by atoms with Gasteiger partial charge >= 0.3 is 23.5 Å². The molecule has 2 aliphatic rings. The Kier molecular flexibility index (Phi) is 10.5. The number of phosphoric ester groups is 3. The second kappa shape index (κ2) is 13.8. The minimum absolute atomic E-state index is 0.0363. The van der Waals surface area contributed by atoms with E-state index in [2.05, 4.69) is 32.8 Å². The van der Waals surface area contributed by atoms with E-state index >= 15 is 0 Å². The Bertz CT molecular complexity index is 1870. The molecule has 10 atom stereocenters. The van der Waals surface area contributed by atoms with Crippen LogP contribution in [-0.4, -0.2) is 110 Å². The number of nitrogens with two attached hydrogens (primary N) is 1. The molecule has 10 N–H and O–H groups in total. The van der Waals surface area contributed by atoms with Gasteiger partial charge < -0.3 is 55.1 Å². The van der Waals surface area contributed by atoms with Crippen LogP contribution < -0.4 is 15.9 Å². The molecule has 5 heterocycles. The van der Waals surface area contributed by atoms with Crippen LogP contribution in [0.5, 0.6) is 0 Å². The Labute approximate surface area is 266 Å². The minimum atomic E-state index is -5.54. The molecule has 2 fully saturated rings. The summed E-state index contributed by atoms with van der Waals surface area (Å²) in [6.45, 7) is -2.07. The Morgan fingerprint density at radius 2 is 1.65 bits per heavy atom. The number of ether oxygens (including phenoxy) is 2. The molecule has 2 saturated heterocycles. The lowest BCUT2D eigenvalue weighted by atomic mass is 10.1. The first-order valence-electron chi connectivity index (χ1n) is 13.3. The summed E-state index contributed by atoms with van der Waals surface area (Å²) in [5, 5.41) is 31.5. The van der Waals surface area contributed by atoms with Crippen molar-refractivity contribution in [2.45, 2.75) is 49.1 Å². The first-order chi connectivity index (χ1) is 22.4. The molecule has 0 spiro atoms. The number of aromatic amines is 1. The number of nitrogens with zero attached hydrogens (tertiary/aromatic N) is 4. The number of aliphatic hydroxyl groups excluding tert-OH is 3. The molecule has 2 unspecified atom stereocenters. The maximum Gasteiger partial charge on any atom is 0.481 e. The molecule has 5 rings (SSSR count). The standard InChI is InChI=1S/C21H27N6O18P3/c22-17(31)9-2-1-3-26(4-9)20-15(30)13(28)10(42-20)5-40-47(36,37)45-48(38,39)41-6-11-14(29)16(44-46(33,34)35)21(43-11)27-8-25-12-18(27)23-7-24-19(12)32/h1-4,7-8,10-11,13-16,20-21,28-30H,5-6H2,(H6-,22,23,24,31,32,33,34,35,36,37,38,39)/p+1/t10-,11-,13-,14-,15-,16-,20-,21-/m1/s1. The normalized spacial score (nSPS) is 30.3. The van der Waals surface area contributed by atoms with Gasteiger partial charge in [0.05, 0.1) is 25.9 Å². The van der Waals surface area contributed by atoms with Crippen molar-refractivity contribution in [2.24, 2.45) is 5.73 Å². The van der Waals surface area contributed by atoms with E-state index in [0.29, 0.717) is 0 Å². The van der Waals surface area contributed by atoms with E-state index in [4.69, 9.17) is 15.2 Å². The van der Waals surface area contributed by atoms with Crippen molar-refractivity contribution >= 4 is 40.5 Å². The molecule has 0 bridgehead atoms. The fourth-order valence-electron chi connectivity index (χ4n) is 4.82. The van der Waals surface area contributed by atoms with Crippen molar-refractivity contribution in [1.29, 1.82) is 0 Å². The first-order valence-corrected chi connectivity index (χ1v) is 17.8. The molecule has 3 aromatic rings. The number of amides is 1. The topological polar surface area (TPSA) is 359 Å². The molecule has 27 heteroatoms. The molecule has 48 heavy (non-hydrogen) atoms. The predicted octanol–water partition coefficient (Wildman–Crippen LogP) is -3.19. The molecule has 0 radical (unpaired) electrons. The summed E-state index contributed by atoms with van der Waals surface area (Å²) in [5.41, 5.74) is 4.22. The number of carbonyl (C=O) groups is 1. The zero-order valence-corrected chi connectivity index (χ0v) is 26.5. The second-order valence-corrected chi connectivity index (χ2v) is 14.5. The highest BCUT2D eigenvalue weighted by atomic mass is 31.3. The van der Waals surface area contributed by atoms with E-state index in [0.717, 1.165) is 17.2 Å². The summed E-state index contributed by atoms with van der Waals surface area (Å²) in [4.78, 5) is 72.4. The first kappa shape index (κ1) is 36.4. The van der Waals surface area contributed by atoms with Gasteiger partial charge in [-0.2, -0.15) is 8.88 Å². The van der Waals surface area contributed by atoms with Gasteiger partial charge in [0.1, 0.15) is 36.1 Å². The average Bonchev–Trinajstić information content (AvgIpc) is 3.64. The zero-order chi connectivity index (χ0) is 35.2. The van der Waals surface area contributed by atoms with Crippen molar-refractivity contribution < 1.29 is 85.3 Å². The van der Waals surface area contributed by atoms with Gasteiger partial charge in [-0.25, -0.2) is 23.7 Å². The summed E-state index contributed by atoms with van der Waals surface area (Å²) in [5.74, 6) is -0.795. The van der Waals surface area contributed by atoms with Crippen molar-refractivity contribution in [2.75, 3.05) is 13.2 Å². The quantitative estimate of drug-likeness (QED) is 0.0615. The van der Waals surface area contributed by atoms with Crippen molar-refractivity contribution in [1.82, 2.24) is 19.5 Å². The van der Waals surface area contributed by atoms with Crippen molar-refractivity contribution in [3.8, 4) is 0 Å². The van der Waals surface area contributed by atoms with Crippen LogP contribution in [0, 0.1) is 0 Å². The zero-order valence-electron chi connectivity index (χ0n) is 23.8. The number of fused-ring (bicyclic) bond motifs is 1. The number of aliphatic hydroxyl groups is 3. The van der Waals surface area contributed by atoms with E-state index < -0.39 is 97.2 Å². The third-order valence-corrected chi connectivity index (χ3v) is 10.1. The number of aromatic nitrogens is 5. The molecule has 0 aromatic carbocycles. The van der Waals surface area contributed by atoms with Crippen LogP contribution in [0.1, 0.15) is 22.8 Å². The molecule has 0 saturated carbocycles. The maximum atomic E-state index is 12.5. The third kappa shape index (κ3) is 8.12. The Balaban J connectivity index is 1.21. The summed E-state index contributed by atoms with van der Waals surface area (Å²) in [6, 6.07) is 2.78. The van der Waals surface area contributed by atoms with Gasteiger partial charge in [0.2, 0.25) is 0 Å². The fourth-order valence-corrected chi connectivity index (χ4v) is 7.46. The highest BCUT2D eigenvalue weighted by Crippen LogP contribution is 2.61. The summed E-state index contributed by atoms with van der Waals surface area (Å²) < 4.78 is 68.1. The van der Waals surface area contributed by atoms with E-state index in [9.17, 15) is 58.2 Å². The van der Waals surface area contributed by atoms with Crippen LogP contribution in [0.25, 0.3) is 11.2 Å². The van der Waals surface area contributed by atoms with E-state index in [1.165, 1.54) is 29.1 Å². The number of H-pyrrole nitrogens is 1. The number of pyridine rings is 1. The van der Waals surface area contributed by atoms with Gasteiger partial charge in [-0.05, 0) is 6.07 Å². The van der Waals surface area contributed by atoms with Crippen LogP contribution in [0.2, 0.25) is 0 Å². The van der Waals surface area contributed by atoms with Crippen LogP contribution >= 0.6 is 23.5 Å². The van der Waals surface area contributed by atoms with Gasteiger partial charge in [0.15, 0.2) is 35.9 Å². The lowest BCUT2D eigenvalue weighted by molar-refractivity contribution is -0.765. The van der Waals surface area contributed by atoms with E-state index in [-0.39, 0.29) is 16.7 Å². The number of hydrogen-bond acceptors (Lipinski definition) is 16. The third-order valence-electron chi connectivity index (χ3n) is 6.96. The monoisotopic (exact) mass is 745 g/mol. The molecular formula is C21H28N6O18P3+. The number of nitrogens with one attached hydrogen (secondary N) is 1. The summed E-state index contributed by atoms with van der Waals surface area (Å²) >= 11 is 0. The van der Waals surface area contributed by atoms with Gasteiger partial charge in [-0.1, -0.05) is 0 Å². The molecule has 2 aliphatic heterocycles. The number of carbonyl (C=O) groups excluding carboxylic acids is 1. The number of rotatable bonds is 13. The average molecular weight is 745 g/mol. The largest absolute Gasteiger partial charge is 0.481 e. The Morgan fingerprint density at radius 1 is 1.00 bits per heavy atom. The summed E-state index contributed by atoms with van der Waals surface area (Å²) in [7, 11) is -16.3. The number of phosphoric acid groups is 3. The Hall–Kier alpha value is -2.86. The van der Waals surface area contributed by atoms with Gasteiger partial charge in [0.25, 0.3) is 17.7 Å². The number of hydrogen-bond donors (Lipinski definition) is 9. The van der Waals surface area contributed by atoms with Crippen LogP contribution in [0.3, 0.4) is 0 Å².